The van der Waals surface area contributed by atoms with Gasteiger partial charge in [0.15, 0.2) is 0 Å². The fourth-order valence-corrected chi connectivity index (χ4v) is 2.75. The molecule has 0 aromatic carbocycles. The van der Waals surface area contributed by atoms with Gasteiger partial charge < -0.3 is 11.1 Å². The molecule has 5 heteroatoms. The lowest BCUT2D eigenvalue weighted by Gasteiger charge is -2.27. The summed E-state index contributed by atoms with van der Waals surface area (Å²) in [6, 6.07) is 3.78. The van der Waals surface area contributed by atoms with Gasteiger partial charge in [0.2, 0.25) is 0 Å². The summed E-state index contributed by atoms with van der Waals surface area (Å²) in [6.45, 7) is 9.28. The summed E-state index contributed by atoms with van der Waals surface area (Å²) in [5.74, 6) is 0.279. The van der Waals surface area contributed by atoms with E-state index >= 15 is 0 Å². The molecule has 0 bridgehead atoms. The summed E-state index contributed by atoms with van der Waals surface area (Å²) >= 11 is 1.39. The van der Waals surface area contributed by atoms with E-state index in [2.05, 4.69) is 38.0 Å². The van der Waals surface area contributed by atoms with Crippen molar-refractivity contribution in [1.82, 2.24) is 10.3 Å². The van der Waals surface area contributed by atoms with Gasteiger partial charge in [-0.25, -0.2) is 0 Å². The third kappa shape index (κ3) is 2.93. The van der Waals surface area contributed by atoms with Crippen molar-refractivity contribution < 1.29 is 4.79 Å². The molecule has 20 heavy (non-hydrogen) atoms. The molecular weight excluding hydrogens is 270 g/mol. The van der Waals surface area contributed by atoms with Crippen molar-refractivity contribution >= 4 is 33.1 Å². The number of hydrogen-bond donors (Lipinski definition) is 2. The fraction of sp³-hybridized carbons (Fsp3) is 0.467. The first kappa shape index (κ1) is 14.8. The lowest BCUT2D eigenvalue weighted by molar-refractivity contribution is 0.0942. The van der Waals surface area contributed by atoms with Crippen LogP contribution in [0.1, 0.15) is 37.4 Å². The molecule has 2 rings (SSSR count). The predicted molar refractivity (Wildman–Crippen MR) is 85.0 cm³/mol. The van der Waals surface area contributed by atoms with Gasteiger partial charge in [0.05, 0.1) is 10.4 Å². The van der Waals surface area contributed by atoms with Crippen LogP contribution in [-0.4, -0.2) is 17.4 Å². The van der Waals surface area contributed by atoms with Crippen molar-refractivity contribution in [3.05, 3.63) is 23.2 Å². The van der Waals surface area contributed by atoms with E-state index in [0.717, 1.165) is 4.70 Å². The number of carbonyl (C=O) groups is 1. The van der Waals surface area contributed by atoms with Gasteiger partial charge in [0, 0.05) is 12.7 Å². The van der Waals surface area contributed by atoms with Crippen LogP contribution in [0.5, 0.6) is 0 Å². The molecule has 1 amide bonds. The molecule has 3 N–H and O–H groups in total. The number of fused-ring (bicyclic) bond motifs is 1. The molecule has 0 aliphatic rings. The molecule has 2 aromatic heterocycles. The Labute approximate surface area is 123 Å². The van der Waals surface area contributed by atoms with Crippen LogP contribution in [-0.2, 0) is 0 Å². The number of aromatic nitrogens is 1. The molecule has 0 spiro atoms. The number of anilines is 1. The third-order valence-electron chi connectivity index (χ3n) is 3.74. The van der Waals surface area contributed by atoms with Gasteiger partial charge in [-0.2, -0.15) is 0 Å². The van der Waals surface area contributed by atoms with Crippen molar-refractivity contribution in [3.8, 4) is 0 Å². The molecule has 0 fully saturated rings. The smallest absolute Gasteiger partial charge is 0.263 e. The first-order chi connectivity index (χ1) is 9.30. The van der Waals surface area contributed by atoms with Crippen molar-refractivity contribution in [2.45, 2.75) is 27.7 Å². The minimum Gasteiger partial charge on any atom is -0.396 e. The normalized spacial score (nSPS) is 13.4. The number of nitrogen functional groups attached to an aromatic ring is 1. The summed E-state index contributed by atoms with van der Waals surface area (Å²) in [7, 11) is 0. The number of nitrogens with one attached hydrogen (secondary N) is 1. The van der Waals surface area contributed by atoms with E-state index in [4.69, 9.17) is 5.73 Å². The third-order valence-corrected chi connectivity index (χ3v) is 4.89. The quantitative estimate of drug-likeness (QED) is 0.911. The van der Waals surface area contributed by atoms with Gasteiger partial charge >= 0.3 is 0 Å². The highest BCUT2D eigenvalue weighted by Gasteiger charge is 2.22. The van der Waals surface area contributed by atoms with Crippen molar-refractivity contribution in [2.75, 3.05) is 12.3 Å². The Morgan fingerprint density at radius 1 is 1.50 bits per heavy atom. The zero-order valence-electron chi connectivity index (χ0n) is 12.4. The Balaban J connectivity index is 2.14. The Morgan fingerprint density at radius 2 is 2.20 bits per heavy atom. The van der Waals surface area contributed by atoms with Crippen LogP contribution in [0.15, 0.2) is 18.3 Å². The number of nitrogens with two attached hydrogens (primary N) is 1. The standard InChI is InChI=1S/C15H21N3OS/c1-9(15(2,3)4)8-18-14(19)13-11(16)12-10(20-13)6-5-7-17-12/h5-7,9H,8,16H2,1-4H3,(H,18,19). The monoisotopic (exact) mass is 291 g/mol. The second kappa shape index (κ2) is 5.40. The van der Waals surface area contributed by atoms with E-state index in [0.29, 0.717) is 28.5 Å². The van der Waals surface area contributed by atoms with Crippen LogP contribution in [0.25, 0.3) is 10.2 Å². The van der Waals surface area contributed by atoms with E-state index < -0.39 is 0 Å². The summed E-state index contributed by atoms with van der Waals surface area (Å²) in [5.41, 5.74) is 7.38. The van der Waals surface area contributed by atoms with Crippen molar-refractivity contribution in [3.63, 3.8) is 0 Å². The zero-order valence-corrected chi connectivity index (χ0v) is 13.2. The largest absolute Gasteiger partial charge is 0.396 e. The van der Waals surface area contributed by atoms with Crippen LogP contribution in [0.3, 0.4) is 0 Å². The Kier molecular flexibility index (Phi) is 3.99. The molecule has 0 saturated heterocycles. The minimum absolute atomic E-state index is 0.110. The number of thiophene rings is 1. The molecule has 1 unspecified atom stereocenters. The molecule has 1 atom stereocenters. The lowest BCUT2D eigenvalue weighted by Crippen LogP contribution is -2.33. The Hall–Kier alpha value is -1.62. The van der Waals surface area contributed by atoms with E-state index in [1.807, 2.05) is 12.1 Å². The molecular formula is C15H21N3OS. The summed E-state index contributed by atoms with van der Waals surface area (Å²) in [5, 5.41) is 2.97. The predicted octanol–water partition coefficient (Wildman–Crippen LogP) is 3.29. The molecule has 108 valence electrons. The van der Waals surface area contributed by atoms with Gasteiger partial charge in [0.25, 0.3) is 5.91 Å². The summed E-state index contributed by atoms with van der Waals surface area (Å²) in [6.07, 6.45) is 1.69. The Bertz CT molecular complexity index is 628. The topological polar surface area (TPSA) is 68.0 Å². The van der Waals surface area contributed by atoms with E-state index in [9.17, 15) is 4.79 Å². The second-order valence-electron chi connectivity index (χ2n) is 6.17. The van der Waals surface area contributed by atoms with Crippen LogP contribution in [0, 0.1) is 11.3 Å². The van der Waals surface area contributed by atoms with Crippen molar-refractivity contribution in [1.29, 1.82) is 0 Å². The number of hydrogen-bond acceptors (Lipinski definition) is 4. The number of amides is 1. The molecule has 2 aromatic rings. The number of nitrogens with zero attached hydrogens (tertiary/aromatic N) is 1. The summed E-state index contributed by atoms with van der Waals surface area (Å²) < 4.78 is 0.944. The highest BCUT2D eigenvalue weighted by Crippen LogP contribution is 2.32. The molecule has 0 saturated carbocycles. The molecule has 2 heterocycles. The number of rotatable bonds is 3. The van der Waals surface area contributed by atoms with Crippen LogP contribution < -0.4 is 11.1 Å². The maximum atomic E-state index is 12.3. The average Bonchev–Trinajstić information content (AvgIpc) is 2.72. The van der Waals surface area contributed by atoms with Crippen LogP contribution >= 0.6 is 11.3 Å². The van der Waals surface area contributed by atoms with Gasteiger partial charge in [-0.15, -0.1) is 11.3 Å². The maximum absolute atomic E-state index is 12.3. The lowest BCUT2D eigenvalue weighted by atomic mass is 9.82. The Morgan fingerprint density at radius 3 is 2.80 bits per heavy atom. The van der Waals surface area contributed by atoms with E-state index in [1.54, 1.807) is 6.20 Å². The van der Waals surface area contributed by atoms with Crippen LogP contribution in [0.2, 0.25) is 0 Å². The summed E-state index contributed by atoms with van der Waals surface area (Å²) in [4.78, 5) is 17.0. The van der Waals surface area contributed by atoms with Crippen molar-refractivity contribution in [2.24, 2.45) is 11.3 Å². The highest BCUT2D eigenvalue weighted by molar-refractivity contribution is 7.21. The minimum atomic E-state index is -0.110. The second-order valence-corrected chi connectivity index (χ2v) is 7.22. The first-order valence-corrected chi connectivity index (χ1v) is 7.53. The first-order valence-electron chi connectivity index (χ1n) is 6.72. The molecule has 0 aliphatic carbocycles. The SMILES string of the molecule is CC(CNC(=O)c1sc2cccnc2c1N)C(C)(C)C. The fourth-order valence-electron chi connectivity index (χ4n) is 1.75. The van der Waals surface area contributed by atoms with Gasteiger partial charge in [-0.05, 0) is 23.5 Å². The molecule has 4 nitrogen and oxygen atoms in total. The average molecular weight is 291 g/mol. The zero-order chi connectivity index (χ0) is 14.9. The van der Waals surface area contributed by atoms with E-state index in [-0.39, 0.29) is 11.3 Å². The van der Waals surface area contributed by atoms with Gasteiger partial charge in [-0.3, -0.25) is 9.78 Å². The van der Waals surface area contributed by atoms with Gasteiger partial charge in [-0.1, -0.05) is 27.7 Å². The van der Waals surface area contributed by atoms with E-state index in [1.165, 1.54) is 11.3 Å². The molecule has 0 radical (unpaired) electrons. The van der Waals surface area contributed by atoms with Crippen LogP contribution in [0.4, 0.5) is 5.69 Å². The van der Waals surface area contributed by atoms with Gasteiger partial charge in [0.1, 0.15) is 10.4 Å². The number of pyridine rings is 1. The maximum Gasteiger partial charge on any atom is 0.263 e. The number of carbonyl (C=O) groups excluding carboxylic acids is 1. The highest BCUT2D eigenvalue weighted by atomic mass is 32.1. The molecule has 0 aliphatic heterocycles.